The molecule has 0 spiro atoms. The molecule has 1 unspecified atom stereocenters. The Morgan fingerprint density at radius 2 is 2.14 bits per heavy atom. The molecule has 1 aromatic carbocycles. The molecule has 0 amide bonds. The lowest BCUT2D eigenvalue weighted by atomic mass is 9.96. The molecule has 21 heavy (non-hydrogen) atoms. The highest BCUT2D eigenvalue weighted by Gasteiger charge is 2.49. The smallest absolute Gasteiger partial charge is 0.144 e. The van der Waals surface area contributed by atoms with Crippen LogP contribution in [-0.4, -0.2) is 25.3 Å². The van der Waals surface area contributed by atoms with Crippen LogP contribution in [0.2, 0.25) is 0 Å². The maximum absolute atomic E-state index is 9.67. The van der Waals surface area contributed by atoms with E-state index in [1.165, 1.54) is 12.8 Å². The van der Waals surface area contributed by atoms with Crippen LogP contribution in [-0.2, 0) is 11.3 Å². The lowest BCUT2D eigenvalue weighted by Gasteiger charge is -2.28. The molecular weight excluding hydrogens is 264 g/mol. The molecule has 2 saturated carbocycles. The minimum atomic E-state index is -0.515. The first-order valence-electron chi connectivity index (χ1n) is 7.65. The number of nitrogens with one attached hydrogen (secondary N) is 1. The first-order valence-corrected chi connectivity index (χ1v) is 7.65. The second kappa shape index (κ2) is 6.05. The fourth-order valence-electron chi connectivity index (χ4n) is 2.69. The van der Waals surface area contributed by atoms with Gasteiger partial charge in [-0.3, -0.25) is 5.32 Å². The summed E-state index contributed by atoms with van der Waals surface area (Å²) in [7, 11) is 1.68. The fourth-order valence-corrected chi connectivity index (χ4v) is 2.69. The van der Waals surface area contributed by atoms with Crippen molar-refractivity contribution in [3.63, 3.8) is 0 Å². The molecule has 2 fully saturated rings. The molecule has 4 nitrogen and oxygen atoms in total. The molecule has 4 heteroatoms. The molecule has 1 N–H and O–H groups in total. The maximum atomic E-state index is 9.67. The van der Waals surface area contributed by atoms with Crippen LogP contribution in [0.15, 0.2) is 24.3 Å². The molecule has 0 saturated heterocycles. The molecule has 112 valence electrons. The first-order chi connectivity index (χ1) is 10.3. The summed E-state index contributed by atoms with van der Waals surface area (Å²) in [5.74, 6) is 1.24. The topological polar surface area (TPSA) is 54.3 Å². The third kappa shape index (κ3) is 3.55. The van der Waals surface area contributed by atoms with Gasteiger partial charge >= 0.3 is 0 Å². The summed E-state index contributed by atoms with van der Waals surface area (Å²) < 4.78 is 11.1. The summed E-state index contributed by atoms with van der Waals surface area (Å²) in [6.07, 6.45) is 4.61. The normalized spacial score (nSPS) is 20.6. The van der Waals surface area contributed by atoms with Crippen LogP contribution in [0.5, 0.6) is 5.75 Å². The zero-order valence-electron chi connectivity index (χ0n) is 12.5. The maximum Gasteiger partial charge on any atom is 0.144 e. The quantitative estimate of drug-likeness (QED) is 0.798. The van der Waals surface area contributed by atoms with E-state index in [4.69, 9.17) is 9.47 Å². The summed E-state index contributed by atoms with van der Waals surface area (Å²) in [5.41, 5.74) is 0.567. The second-order valence-corrected chi connectivity index (χ2v) is 6.15. The number of methoxy groups -OCH3 is 1. The third-order valence-corrected chi connectivity index (χ3v) is 4.19. The summed E-state index contributed by atoms with van der Waals surface area (Å²) in [5, 5.41) is 13.2. The van der Waals surface area contributed by atoms with E-state index in [9.17, 15) is 5.26 Å². The van der Waals surface area contributed by atoms with Crippen molar-refractivity contribution >= 4 is 0 Å². The van der Waals surface area contributed by atoms with E-state index in [0.717, 1.165) is 24.2 Å². The number of nitrogens with zero attached hydrogens (tertiary/aromatic N) is 1. The summed E-state index contributed by atoms with van der Waals surface area (Å²) >= 11 is 0. The molecule has 0 bridgehead atoms. The molecule has 0 radical (unpaired) electrons. The third-order valence-electron chi connectivity index (χ3n) is 4.19. The average Bonchev–Trinajstić information content (AvgIpc) is 3.38. The van der Waals surface area contributed by atoms with Crippen molar-refractivity contribution in [2.24, 2.45) is 5.92 Å². The van der Waals surface area contributed by atoms with Gasteiger partial charge in [0.25, 0.3) is 0 Å². The van der Waals surface area contributed by atoms with Crippen LogP contribution < -0.4 is 10.1 Å². The van der Waals surface area contributed by atoms with Gasteiger partial charge in [-0.25, -0.2) is 0 Å². The van der Waals surface area contributed by atoms with E-state index >= 15 is 0 Å². The number of hydrogen-bond donors (Lipinski definition) is 1. The zero-order valence-corrected chi connectivity index (χ0v) is 12.5. The van der Waals surface area contributed by atoms with Gasteiger partial charge in [0.2, 0.25) is 0 Å². The Labute approximate surface area is 126 Å². The Kier molecular flexibility index (Phi) is 4.14. The predicted molar refractivity (Wildman–Crippen MR) is 79.9 cm³/mol. The summed E-state index contributed by atoms with van der Waals surface area (Å²) in [4.78, 5) is 0. The monoisotopic (exact) mass is 286 g/mol. The Balaban J connectivity index is 1.66. The number of nitriles is 1. The highest BCUT2D eigenvalue weighted by atomic mass is 16.5. The van der Waals surface area contributed by atoms with Crippen molar-refractivity contribution in [3.8, 4) is 11.8 Å². The molecule has 1 aromatic rings. The van der Waals surface area contributed by atoms with E-state index in [0.29, 0.717) is 25.2 Å². The summed E-state index contributed by atoms with van der Waals surface area (Å²) in [6.45, 7) is 0.991. The van der Waals surface area contributed by atoms with Crippen molar-refractivity contribution in [2.45, 2.75) is 43.9 Å². The minimum Gasteiger partial charge on any atom is -0.491 e. The SMILES string of the molecule is COCc1cccc(OCC(C#N)(NC2CC2)C2CC2)c1. The van der Waals surface area contributed by atoms with Crippen molar-refractivity contribution in [1.29, 1.82) is 5.26 Å². The lowest BCUT2D eigenvalue weighted by molar-refractivity contribution is 0.182. The minimum absolute atomic E-state index is 0.418. The highest BCUT2D eigenvalue weighted by Crippen LogP contribution is 2.41. The Morgan fingerprint density at radius 1 is 1.33 bits per heavy atom. The van der Waals surface area contributed by atoms with Gasteiger partial charge in [0.05, 0.1) is 12.7 Å². The van der Waals surface area contributed by atoms with Gasteiger partial charge in [0, 0.05) is 13.2 Å². The van der Waals surface area contributed by atoms with Gasteiger partial charge < -0.3 is 9.47 Å². The summed E-state index contributed by atoms with van der Waals surface area (Å²) in [6, 6.07) is 10.9. The standard InChI is InChI=1S/C17H22N2O2/c1-20-10-13-3-2-4-16(9-13)21-12-17(11-18,14-5-6-14)19-15-7-8-15/h2-4,9,14-15,19H,5-8,10,12H2,1H3. The number of hydrogen-bond acceptors (Lipinski definition) is 4. The number of rotatable bonds is 8. The van der Waals surface area contributed by atoms with Crippen LogP contribution >= 0.6 is 0 Å². The van der Waals surface area contributed by atoms with Crippen LogP contribution in [0, 0.1) is 17.2 Å². The zero-order chi connectivity index (χ0) is 14.7. The van der Waals surface area contributed by atoms with Crippen LogP contribution in [0.25, 0.3) is 0 Å². The molecule has 1 atom stereocenters. The van der Waals surface area contributed by atoms with E-state index in [2.05, 4.69) is 11.4 Å². The van der Waals surface area contributed by atoms with Crippen molar-refractivity contribution in [2.75, 3.05) is 13.7 Å². The van der Waals surface area contributed by atoms with E-state index in [1.807, 2.05) is 24.3 Å². The molecule has 2 aliphatic rings. The van der Waals surface area contributed by atoms with E-state index < -0.39 is 5.54 Å². The Hall–Kier alpha value is -1.57. The fraction of sp³-hybridized carbons (Fsp3) is 0.588. The van der Waals surface area contributed by atoms with Crippen LogP contribution in [0.3, 0.4) is 0 Å². The average molecular weight is 286 g/mol. The molecular formula is C17H22N2O2. The van der Waals surface area contributed by atoms with Crippen molar-refractivity contribution in [3.05, 3.63) is 29.8 Å². The molecule has 3 rings (SSSR count). The van der Waals surface area contributed by atoms with Gasteiger partial charge in [-0.05, 0) is 49.3 Å². The largest absolute Gasteiger partial charge is 0.491 e. The van der Waals surface area contributed by atoms with E-state index in [-0.39, 0.29) is 0 Å². The lowest BCUT2D eigenvalue weighted by Crippen LogP contribution is -2.52. The van der Waals surface area contributed by atoms with Gasteiger partial charge in [-0.2, -0.15) is 5.26 Å². The molecule has 2 aliphatic carbocycles. The second-order valence-electron chi connectivity index (χ2n) is 6.15. The van der Waals surface area contributed by atoms with Gasteiger partial charge in [0.1, 0.15) is 17.9 Å². The van der Waals surface area contributed by atoms with Gasteiger partial charge in [-0.1, -0.05) is 12.1 Å². The Morgan fingerprint density at radius 3 is 2.76 bits per heavy atom. The van der Waals surface area contributed by atoms with Crippen LogP contribution in [0.4, 0.5) is 0 Å². The Bertz CT molecular complexity index is 532. The number of benzene rings is 1. The molecule has 0 heterocycles. The van der Waals surface area contributed by atoms with Crippen LogP contribution in [0.1, 0.15) is 31.2 Å². The van der Waals surface area contributed by atoms with Crippen molar-refractivity contribution < 1.29 is 9.47 Å². The van der Waals surface area contributed by atoms with Gasteiger partial charge in [0.15, 0.2) is 0 Å². The molecule has 0 aromatic heterocycles. The highest BCUT2D eigenvalue weighted by molar-refractivity contribution is 5.29. The predicted octanol–water partition coefficient (Wildman–Crippen LogP) is 2.64. The van der Waals surface area contributed by atoms with Gasteiger partial charge in [-0.15, -0.1) is 0 Å². The molecule has 0 aliphatic heterocycles. The van der Waals surface area contributed by atoms with E-state index in [1.54, 1.807) is 7.11 Å². The number of ether oxygens (including phenoxy) is 2. The van der Waals surface area contributed by atoms with Crippen molar-refractivity contribution in [1.82, 2.24) is 5.32 Å². The first kappa shape index (κ1) is 14.4.